The van der Waals surface area contributed by atoms with Crippen LogP contribution >= 0.6 is 31.9 Å². The van der Waals surface area contributed by atoms with E-state index in [9.17, 15) is 4.39 Å². The van der Waals surface area contributed by atoms with Crippen LogP contribution in [0.5, 0.6) is 0 Å². The minimum Gasteiger partial charge on any atom is -0.329 e. The van der Waals surface area contributed by atoms with Crippen LogP contribution in [-0.2, 0) is 6.54 Å². The zero-order valence-electron chi connectivity index (χ0n) is 11.7. The Morgan fingerprint density at radius 1 is 1.19 bits per heavy atom. The lowest BCUT2D eigenvalue weighted by Crippen LogP contribution is -2.31. The summed E-state index contributed by atoms with van der Waals surface area (Å²) in [7, 11) is 1.96. The Hall–Kier alpha value is -0.750. The Morgan fingerprint density at radius 2 is 1.90 bits per heavy atom. The minimum atomic E-state index is -0.237. The number of nitrogens with two attached hydrogens (primary N) is 1. The van der Waals surface area contributed by atoms with Gasteiger partial charge in [0.25, 0.3) is 0 Å². The van der Waals surface area contributed by atoms with Gasteiger partial charge in [-0.1, -0.05) is 56.1 Å². The molecule has 2 nitrogen and oxygen atoms in total. The first-order valence-corrected chi connectivity index (χ1v) is 8.20. The molecule has 0 bridgehead atoms. The zero-order chi connectivity index (χ0) is 15.4. The predicted molar refractivity (Wildman–Crippen MR) is 91.5 cm³/mol. The van der Waals surface area contributed by atoms with Crippen molar-refractivity contribution in [2.24, 2.45) is 5.73 Å². The van der Waals surface area contributed by atoms with Crippen molar-refractivity contribution in [3.63, 3.8) is 0 Å². The maximum atomic E-state index is 14.1. The molecule has 2 aromatic rings. The molecule has 0 aliphatic carbocycles. The third-order valence-corrected chi connectivity index (χ3v) is 4.72. The topological polar surface area (TPSA) is 29.3 Å². The molecular weight excluding hydrogens is 399 g/mol. The van der Waals surface area contributed by atoms with Gasteiger partial charge in [-0.05, 0) is 30.8 Å². The van der Waals surface area contributed by atoms with Gasteiger partial charge >= 0.3 is 0 Å². The molecule has 2 rings (SSSR count). The number of benzene rings is 2. The fourth-order valence-electron chi connectivity index (χ4n) is 2.32. The number of nitrogens with zero attached hydrogens (tertiary/aromatic N) is 1. The first kappa shape index (κ1) is 16.6. The van der Waals surface area contributed by atoms with Crippen LogP contribution in [0.2, 0.25) is 0 Å². The van der Waals surface area contributed by atoms with Crippen LogP contribution in [0.4, 0.5) is 4.39 Å². The molecule has 2 N–H and O–H groups in total. The lowest BCUT2D eigenvalue weighted by Gasteiger charge is -2.28. The van der Waals surface area contributed by atoms with E-state index in [4.69, 9.17) is 5.73 Å². The second kappa shape index (κ2) is 7.49. The Balaban J connectivity index is 2.22. The molecule has 0 aliphatic rings. The van der Waals surface area contributed by atoms with Gasteiger partial charge in [0.1, 0.15) is 5.82 Å². The molecule has 0 heterocycles. The van der Waals surface area contributed by atoms with Crippen molar-refractivity contribution in [2.45, 2.75) is 12.6 Å². The van der Waals surface area contributed by atoms with Crippen LogP contribution in [0.15, 0.2) is 51.4 Å². The molecule has 0 spiro atoms. The highest BCUT2D eigenvalue weighted by atomic mass is 79.9. The van der Waals surface area contributed by atoms with Crippen molar-refractivity contribution in [1.29, 1.82) is 0 Å². The molecule has 1 unspecified atom stereocenters. The quantitative estimate of drug-likeness (QED) is 0.779. The van der Waals surface area contributed by atoms with Gasteiger partial charge in [-0.3, -0.25) is 4.90 Å². The van der Waals surface area contributed by atoms with E-state index in [0.29, 0.717) is 18.7 Å². The van der Waals surface area contributed by atoms with Crippen molar-refractivity contribution >= 4 is 31.9 Å². The fraction of sp³-hybridized carbons (Fsp3) is 0.250. The standard InChI is InChI=1S/C16H17Br2FN2/c1-21(10-11-4-2-3-5-14(11)18)16(9-20)13-7-6-12(17)8-15(13)19/h2-8,16H,9-10,20H2,1H3. The molecule has 0 saturated carbocycles. The highest BCUT2D eigenvalue weighted by molar-refractivity contribution is 9.10. The Labute approximate surface area is 141 Å². The molecule has 0 fully saturated rings. The Bertz CT molecular complexity index is 619. The normalized spacial score (nSPS) is 12.7. The van der Waals surface area contributed by atoms with E-state index in [2.05, 4.69) is 36.8 Å². The van der Waals surface area contributed by atoms with Gasteiger partial charge in [0.2, 0.25) is 0 Å². The monoisotopic (exact) mass is 414 g/mol. The summed E-state index contributed by atoms with van der Waals surface area (Å²) in [5.74, 6) is -0.237. The largest absolute Gasteiger partial charge is 0.329 e. The molecule has 0 amide bonds. The van der Waals surface area contributed by atoms with Crippen LogP contribution < -0.4 is 5.73 Å². The van der Waals surface area contributed by atoms with Crippen LogP contribution in [-0.4, -0.2) is 18.5 Å². The lowest BCUT2D eigenvalue weighted by molar-refractivity contribution is 0.236. The van der Waals surface area contributed by atoms with Gasteiger partial charge in [0.15, 0.2) is 0 Å². The number of likely N-dealkylation sites (N-methyl/N-ethyl adjacent to an activating group) is 1. The third-order valence-electron chi connectivity index (χ3n) is 3.45. The summed E-state index contributed by atoms with van der Waals surface area (Å²) >= 11 is 6.81. The average molecular weight is 416 g/mol. The van der Waals surface area contributed by atoms with E-state index >= 15 is 0 Å². The maximum absolute atomic E-state index is 14.1. The van der Waals surface area contributed by atoms with E-state index in [1.807, 2.05) is 37.4 Å². The molecule has 1 atom stereocenters. The molecule has 21 heavy (non-hydrogen) atoms. The summed E-state index contributed by atoms with van der Waals surface area (Å²) in [6.07, 6.45) is 0. The maximum Gasteiger partial charge on any atom is 0.129 e. The SMILES string of the molecule is CN(Cc1ccccc1Br)C(CN)c1ccc(Br)cc1F. The zero-order valence-corrected chi connectivity index (χ0v) is 14.9. The minimum absolute atomic E-state index is 0.162. The second-order valence-corrected chi connectivity index (χ2v) is 6.69. The summed E-state index contributed by atoms with van der Waals surface area (Å²) in [6.45, 7) is 1.05. The van der Waals surface area contributed by atoms with Gasteiger partial charge < -0.3 is 5.73 Å². The molecule has 5 heteroatoms. The van der Waals surface area contributed by atoms with Crippen molar-refractivity contribution in [1.82, 2.24) is 4.90 Å². The number of halogens is 3. The van der Waals surface area contributed by atoms with Gasteiger partial charge in [-0.15, -0.1) is 0 Å². The highest BCUT2D eigenvalue weighted by Crippen LogP contribution is 2.27. The lowest BCUT2D eigenvalue weighted by atomic mass is 10.0. The first-order chi connectivity index (χ1) is 10.0. The van der Waals surface area contributed by atoms with Crippen molar-refractivity contribution in [3.05, 3.63) is 68.4 Å². The predicted octanol–water partition coefficient (Wildman–Crippen LogP) is 4.48. The van der Waals surface area contributed by atoms with Crippen molar-refractivity contribution in [3.8, 4) is 0 Å². The van der Waals surface area contributed by atoms with E-state index in [1.54, 1.807) is 6.07 Å². The van der Waals surface area contributed by atoms with E-state index in [-0.39, 0.29) is 11.9 Å². The molecule has 0 aliphatic heterocycles. The van der Waals surface area contributed by atoms with Gasteiger partial charge in [-0.2, -0.15) is 0 Å². The van der Waals surface area contributed by atoms with Crippen LogP contribution in [0.25, 0.3) is 0 Å². The second-order valence-electron chi connectivity index (χ2n) is 4.92. The number of hydrogen-bond donors (Lipinski definition) is 1. The summed E-state index contributed by atoms with van der Waals surface area (Å²) < 4.78 is 15.9. The van der Waals surface area contributed by atoms with Crippen molar-refractivity contribution in [2.75, 3.05) is 13.6 Å². The molecule has 0 aromatic heterocycles. The van der Waals surface area contributed by atoms with Gasteiger partial charge in [0, 0.05) is 33.6 Å². The number of hydrogen-bond acceptors (Lipinski definition) is 2. The average Bonchev–Trinajstić information content (AvgIpc) is 2.44. The molecule has 0 saturated heterocycles. The summed E-state index contributed by atoms with van der Waals surface area (Å²) in [6, 6.07) is 13.0. The molecule has 112 valence electrons. The molecular formula is C16H17Br2FN2. The summed E-state index contributed by atoms with van der Waals surface area (Å²) in [4.78, 5) is 2.06. The van der Waals surface area contributed by atoms with Gasteiger partial charge in [-0.25, -0.2) is 4.39 Å². The van der Waals surface area contributed by atoms with E-state index < -0.39 is 0 Å². The Morgan fingerprint density at radius 3 is 2.52 bits per heavy atom. The van der Waals surface area contributed by atoms with Gasteiger partial charge in [0.05, 0.1) is 0 Å². The smallest absolute Gasteiger partial charge is 0.129 e. The summed E-state index contributed by atoms with van der Waals surface area (Å²) in [5.41, 5.74) is 7.64. The molecule has 2 aromatic carbocycles. The fourth-order valence-corrected chi connectivity index (χ4v) is 3.06. The third kappa shape index (κ3) is 4.13. The molecule has 0 radical (unpaired) electrons. The van der Waals surface area contributed by atoms with E-state index in [1.165, 1.54) is 6.07 Å². The van der Waals surface area contributed by atoms with Crippen LogP contribution in [0.3, 0.4) is 0 Å². The van der Waals surface area contributed by atoms with E-state index in [0.717, 1.165) is 14.5 Å². The Kier molecular flexibility index (Phi) is 5.93. The first-order valence-electron chi connectivity index (χ1n) is 6.61. The highest BCUT2D eigenvalue weighted by Gasteiger charge is 2.20. The van der Waals surface area contributed by atoms with Crippen LogP contribution in [0.1, 0.15) is 17.2 Å². The summed E-state index contributed by atoms with van der Waals surface area (Å²) in [5, 5.41) is 0. The number of rotatable bonds is 5. The van der Waals surface area contributed by atoms with Crippen molar-refractivity contribution < 1.29 is 4.39 Å². The van der Waals surface area contributed by atoms with Crippen LogP contribution in [0, 0.1) is 5.82 Å².